The molecule has 0 saturated heterocycles. The van der Waals surface area contributed by atoms with Gasteiger partial charge in [0, 0.05) is 18.9 Å². The highest BCUT2D eigenvalue weighted by Crippen LogP contribution is 2.24. The SMILES string of the molecule is C/C=C/CCCCCC[C@H](C[C@H]1CCCCCCCCCCC[C@@H](OS(=O)(=O)O)C[C@@H](OS(=O)(=O)O)CCCCCCCCCCC/C=C/C(=O)O1)OS(=O)(=O)O. The first-order valence-corrected chi connectivity index (χ1v) is 25.6. The lowest BCUT2D eigenvalue weighted by Gasteiger charge is -2.23. The van der Waals surface area contributed by atoms with Gasteiger partial charge in [-0.3, -0.25) is 13.7 Å². The smallest absolute Gasteiger partial charge is 0.397 e. The minimum atomic E-state index is -4.79. The van der Waals surface area contributed by atoms with Crippen LogP contribution in [0.4, 0.5) is 0 Å². The molecule has 1 aliphatic heterocycles. The summed E-state index contributed by atoms with van der Waals surface area (Å²) in [6.07, 6.45) is 27.2. The molecule has 0 saturated carbocycles. The van der Waals surface area contributed by atoms with Gasteiger partial charge >= 0.3 is 37.2 Å². The van der Waals surface area contributed by atoms with Crippen molar-refractivity contribution in [2.45, 2.75) is 224 Å². The molecule has 0 spiro atoms. The van der Waals surface area contributed by atoms with Gasteiger partial charge in [0.2, 0.25) is 0 Å². The Kier molecular flexibility index (Phi) is 30.4. The van der Waals surface area contributed by atoms with Gasteiger partial charge in [0.05, 0.1) is 18.3 Å². The standard InChI is InChI=1S/C40H74O14S3/c1-2-3-4-5-14-20-25-30-37(52-55(42,43)44)34-36-29-24-19-15-11-9-12-17-22-27-32-39(54-57(48,49)50)35-38(53-56(45,46)47)31-26-21-16-10-7-6-8-13-18-23-28-33-40(41)51-36/h2-3,28,33,36-39H,4-27,29-32,34-35H2,1H3,(H,42,43,44)(H,45,46,47)(H,48,49,50)/b3-2+,33-28+/t36-,37-,38+,39-/m1/s1. The first-order valence-electron chi connectivity index (χ1n) is 21.5. The van der Waals surface area contributed by atoms with Crippen LogP contribution >= 0.6 is 0 Å². The van der Waals surface area contributed by atoms with Gasteiger partial charge in [0.15, 0.2) is 0 Å². The third kappa shape index (κ3) is 36.2. The number of rotatable bonds is 15. The monoisotopic (exact) mass is 874 g/mol. The fraction of sp³-hybridized carbons (Fsp3) is 0.875. The molecule has 0 aromatic carbocycles. The van der Waals surface area contributed by atoms with Crippen molar-refractivity contribution in [1.29, 1.82) is 0 Å². The Hall–Kier alpha value is -1.44. The zero-order valence-electron chi connectivity index (χ0n) is 34.4. The fourth-order valence-electron chi connectivity index (χ4n) is 7.33. The van der Waals surface area contributed by atoms with E-state index in [1.165, 1.54) is 6.08 Å². The molecule has 0 bridgehead atoms. The maximum Gasteiger partial charge on any atom is 0.397 e. The topological polar surface area (TPSA) is 217 Å². The number of cyclic esters (lactones) is 1. The van der Waals surface area contributed by atoms with Gasteiger partial charge in [-0.05, 0) is 64.7 Å². The van der Waals surface area contributed by atoms with Crippen LogP contribution in [0.2, 0.25) is 0 Å². The maximum absolute atomic E-state index is 12.8. The summed E-state index contributed by atoms with van der Waals surface area (Å²) in [7, 11) is -14.2. The second-order valence-electron chi connectivity index (χ2n) is 15.4. The Morgan fingerprint density at radius 2 is 1.11 bits per heavy atom. The molecular weight excluding hydrogens is 801 g/mol. The molecule has 57 heavy (non-hydrogen) atoms. The predicted molar refractivity (Wildman–Crippen MR) is 222 cm³/mol. The van der Waals surface area contributed by atoms with Crippen molar-refractivity contribution in [3.05, 3.63) is 24.3 Å². The maximum atomic E-state index is 12.8. The molecule has 1 aliphatic rings. The van der Waals surface area contributed by atoms with Crippen LogP contribution in [0.5, 0.6) is 0 Å². The largest absolute Gasteiger partial charge is 0.459 e. The van der Waals surface area contributed by atoms with E-state index in [1.807, 2.05) is 19.1 Å². The van der Waals surface area contributed by atoms with Crippen LogP contribution in [0.3, 0.4) is 0 Å². The number of esters is 1. The second kappa shape index (κ2) is 32.3. The van der Waals surface area contributed by atoms with Crippen molar-refractivity contribution in [2.75, 3.05) is 0 Å². The van der Waals surface area contributed by atoms with E-state index in [4.69, 9.17) is 17.3 Å². The molecule has 17 heteroatoms. The first kappa shape index (κ1) is 53.6. The van der Waals surface area contributed by atoms with Crippen molar-refractivity contribution in [3.63, 3.8) is 0 Å². The molecule has 0 fully saturated rings. The number of carbonyl (C=O) groups excluding carboxylic acids is 1. The van der Waals surface area contributed by atoms with Crippen molar-refractivity contribution in [1.82, 2.24) is 0 Å². The molecule has 0 unspecified atom stereocenters. The summed E-state index contributed by atoms with van der Waals surface area (Å²) in [6.45, 7) is 1.98. The average molecular weight is 875 g/mol. The van der Waals surface area contributed by atoms with Gasteiger partial charge in [-0.15, -0.1) is 0 Å². The highest BCUT2D eigenvalue weighted by Gasteiger charge is 2.26. The van der Waals surface area contributed by atoms with Crippen LogP contribution in [0.25, 0.3) is 0 Å². The van der Waals surface area contributed by atoms with E-state index in [1.54, 1.807) is 0 Å². The zero-order chi connectivity index (χ0) is 42.3. The Bertz CT molecular complexity index is 1410. The van der Waals surface area contributed by atoms with Crippen molar-refractivity contribution >= 4 is 37.2 Å². The highest BCUT2D eigenvalue weighted by molar-refractivity contribution is 7.81. The summed E-state index contributed by atoms with van der Waals surface area (Å²) >= 11 is 0. The van der Waals surface area contributed by atoms with E-state index in [-0.39, 0.29) is 25.7 Å². The molecule has 0 aromatic heterocycles. The Morgan fingerprint density at radius 1 is 0.649 bits per heavy atom. The van der Waals surface area contributed by atoms with Crippen molar-refractivity contribution < 1.29 is 61.0 Å². The van der Waals surface area contributed by atoms with Crippen LogP contribution in [-0.2, 0) is 53.3 Å². The Morgan fingerprint density at radius 3 is 1.58 bits per heavy atom. The van der Waals surface area contributed by atoms with Gasteiger partial charge in [0.1, 0.15) is 6.10 Å². The third-order valence-electron chi connectivity index (χ3n) is 10.2. The van der Waals surface area contributed by atoms with E-state index in [9.17, 15) is 43.7 Å². The highest BCUT2D eigenvalue weighted by atomic mass is 32.3. The minimum Gasteiger partial charge on any atom is -0.459 e. The number of hydrogen-bond donors (Lipinski definition) is 3. The number of hydrogen-bond acceptors (Lipinski definition) is 11. The third-order valence-corrected chi connectivity index (χ3v) is 11.7. The lowest BCUT2D eigenvalue weighted by molar-refractivity contribution is -0.144. The predicted octanol–water partition coefficient (Wildman–Crippen LogP) is 10.3. The normalized spacial score (nSPS) is 24.0. The molecule has 4 atom stereocenters. The quantitative estimate of drug-likeness (QED) is 0.0604. The average Bonchev–Trinajstić information content (AvgIpc) is 3.09. The lowest BCUT2D eigenvalue weighted by Crippen LogP contribution is -2.27. The summed E-state index contributed by atoms with van der Waals surface area (Å²) in [4.78, 5) is 12.8. The van der Waals surface area contributed by atoms with Crippen LogP contribution < -0.4 is 0 Å². The molecule has 336 valence electrons. The van der Waals surface area contributed by atoms with Crippen LogP contribution in [0.15, 0.2) is 24.3 Å². The molecule has 14 nitrogen and oxygen atoms in total. The molecule has 0 aliphatic carbocycles. The van der Waals surface area contributed by atoms with Crippen molar-refractivity contribution in [3.8, 4) is 0 Å². The van der Waals surface area contributed by atoms with E-state index in [2.05, 4.69) is 6.08 Å². The van der Waals surface area contributed by atoms with E-state index < -0.39 is 61.6 Å². The summed E-state index contributed by atoms with van der Waals surface area (Å²) in [5.74, 6) is -0.471. The van der Waals surface area contributed by atoms with E-state index in [0.717, 1.165) is 141 Å². The lowest BCUT2D eigenvalue weighted by atomic mass is 9.99. The molecular formula is C40H74O14S3. The minimum absolute atomic E-state index is 0.111. The molecule has 0 amide bonds. The first-order chi connectivity index (χ1) is 27.1. The molecule has 1 heterocycles. The van der Waals surface area contributed by atoms with Gasteiger partial charge in [-0.25, -0.2) is 17.3 Å². The summed E-state index contributed by atoms with van der Waals surface area (Å²) < 4.78 is 118. The summed E-state index contributed by atoms with van der Waals surface area (Å²) in [6, 6.07) is 0. The Labute approximate surface area is 345 Å². The van der Waals surface area contributed by atoms with Crippen LogP contribution in [-0.4, -0.2) is 69.3 Å². The van der Waals surface area contributed by atoms with E-state index >= 15 is 0 Å². The molecule has 3 N–H and O–H groups in total. The summed E-state index contributed by atoms with van der Waals surface area (Å²) in [5.41, 5.74) is 0. The molecule has 1 rings (SSSR count). The molecule has 0 radical (unpaired) electrons. The summed E-state index contributed by atoms with van der Waals surface area (Å²) in [5, 5.41) is 0. The number of unbranched alkanes of at least 4 members (excludes halogenated alkanes) is 4. The van der Waals surface area contributed by atoms with Crippen LogP contribution in [0.1, 0.15) is 200 Å². The number of ether oxygens (including phenoxy) is 1. The Balaban J connectivity index is 2.85. The van der Waals surface area contributed by atoms with E-state index in [0.29, 0.717) is 25.7 Å². The van der Waals surface area contributed by atoms with Gasteiger partial charge in [0.25, 0.3) is 0 Å². The van der Waals surface area contributed by atoms with Crippen LogP contribution in [0, 0.1) is 0 Å². The zero-order valence-corrected chi connectivity index (χ0v) is 36.8. The molecule has 0 aromatic rings. The van der Waals surface area contributed by atoms with Gasteiger partial charge in [-0.2, -0.15) is 25.3 Å². The fourth-order valence-corrected chi connectivity index (χ4v) is 8.89. The van der Waals surface area contributed by atoms with Gasteiger partial charge in [-0.1, -0.05) is 140 Å². The number of carbonyl (C=O) groups is 1. The number of allylic oxidation sites excluding steroid dienone is 3. The second-order valence-corrected chi connectivity index (χ2v) is 18.6. The van der Waals surface area contributed by atoms with Crippen molar-refractivity contribution in [2.24, 2.45) is 0 Å². The van der Waals surface area contributed by atoms with Gasteiger partial charge < -0.3 is 4.74 Å².